The number of anilines is 3. The molecule has 0 fully saturated rings. The second-order valence-electron chi connectivity index (χ2n) is 11.3. The Kier molecular flexibility index (Phi) is 3.70. The van der Waals surface area contributed by atoms with E-state index in [9.17, 15) is 11.0 Å². The molecule has 0 aliphatic heterocycles. The number of benzene rings is 8. The van der Waals surface area contributed by atoms with Gasteiger partial charge in [-0.15, -0.1) is 0 Å². The molecule has 49 heavy (non-hydrogen) atoms. The molecule has 0 saturated carbocycles. The molecule has 230 valence electrons. The molecule has 0 atom stereocenters. The fourth-order valence-electron chi connectivity index (χ4n) is 6.33. The van der Waals surface area contributed by atoms with Crippen molar-refractivity contribution in [3.05, 3.63) is 176 Å². The van der Waals surface area contributed by atoms with Gasteiger partial charge < -0.3 is 13.7 Å². The monoisotopic (exact) mass is 642 g/mol. The summed E-state index contributed by atoms with van der Waals surface area (Å²) >= 11 is 0. The lowest BCUT2D eigenvalue weighted by Gasteiger charge is -2.26. The highest BCUT2D eigenvalue weighted by Gasteiger charge is 2.21. The van der Waals surface area contributed by atoms with Gasteiger partial charge in [-0.1, -0.05) is 121 Å². The molecule has 10 rings (SSSR count). The number of hydrogen-bond donors (Lipinski definition) is 0. The van der Waals surface area contributed by atoms with Crippen molar-refractivity contribution in [2.24, 2.45) is 0 Å². The molecule has 0 N–H and O–H groups in total. The van der Waals surface area contributed by atoms with Crippen LogP contribution in [0.1, 0.15) is 20.6 Å². The van der Waals surface area contributed by atoms with E-state index in [1.54, 1.807) is 48.5 Å². The smallest absolute Gasteiger partial charge is 0.143 e. The summed E-state index contributed by atoms with van der Waals surface area (Å²) < 4.78 is 149. The minimum atomic E-state index is -0.783. The van der Waals surface area contributed by atoms with Gasteiger partial charge >= 0.3 is 0 Å². The Morgan fingerprint density at radius 3 is 2.00 bits per heavy atom. The Balaban J connectivity index is 1.34. The normalized spacial score (nSPS) is 16.0. The Morgan fingerprint density at radius 1 is 0.429 bits per heavy atom. The van der Waals surface area contributed by atoms with Crippen LogP contribution in [0.25, 0.3) is 76.9 Å². The number of fused-ring (bicyclic) bond motifs is 8. The second-order valence-corrected chi connectivity index (χ2v) is 11.3. The number of nitrogens with zero attached hydrogens (tertiary/aromatic N) is 1. The Bertz CT molecular complexity index is 3640. The number of para-hydroxylation sites is 1. The van der Waals surface area contributed by atoms with Crippen LogP contribution in [-0.4, -0.2) is 0 Å². The summed E-state index contributed by atoms with van der Waals surface area (Å²) in [6.45, 7) is 0. The summed E-state index contributed by atoms with van der Waals surface area (Å²) in [7, 11) is 0. The molecule has 10 aromatic rings. The van der Waals surface area contributed by atoms with Gasteiger partial charge in [-0.25, -0.2) is 0 Å². The molecular weight excluding hydrogens is 599 g/mol. The summed E-state index contributed by atoms with van der Waals surface area (Å²) in [5, 5.41) is 2.03. The van der Waals surface area contributed by atoms with Crippen LogP contribution < -0.4 is 4.90 Å². The third-order valence-corrected chi connectivity index (χ3v) is 8.54. The molecule has 0 aliphatic carbocycles. The first-order chi connectivity index (χ1) is 30.6. The third-order valence-electron chi connectivity index (χ3n) is 8.54. The molecule has 3 nitrogen and oxygen atoms in total. The molecule has 3 heteroatoms. The summed E-state index contributed by atoms with van der Waals surface area (Å²) in [6.07, 6.45) is 0. The van der Waals surface area contributed by atoms with Gasteiger partial charge in [-0.05, 0) is 82.1 Å². The number of furan rings is 2. The van der Waals surface area contributed by atoms with Crippen LogP contribution in [0.4, 0.5) is 17.1 Å². The van der Waals surface area contributed by atoms with E-state index in [0.717, 1.165) is 15.7 Å². The van der Waals surface area contributed by atoms with Gasteiger partial charge in [0.2, 0.25) is 0 Å². The molecule has 0 aliphatic rings. The van der Waals surface area contributed by atoms with Crippen molar-refractivity contribution < 1.29 is 29.4 Å². The van der Waals surface area contributed by atoms with Crippen LogP contribution in [-0.2, 0) is 0 Å². The van der Waals surface area contributed by atoms with Gasteiger partial charge in [0.1, 0.15) is 22.3 Å². The zero-order valence-electron chi connectivity index (χ0n) is 40.3. The predicted octanol–water partition coefficient (Wildman–Crippen LogP) is 13.4. The average Bonchev–Trinajstić information content (AvgIpc) is 3.89. The van der Waals surface area contributed by atoms with Crippen molar-refractivity contribution in [3.63, 3.8) is 0 Å². The SMILES string of the molecule is [2H]c1c([2H])c(N(c2c([2H])c([2H])c(-c3c([2H])c([2H])c([2H])c4oc5c([2H])c([2H])c([2H])c([2H])c5c34)c([2H])c2[2H])c2cccc3oc4c5ccccc5ccc4c23)c([2H])c([2H])c1-c1ccccc1. The maximum absolute atomic E-state index is 9.70. The predicted molar refractivity (Wildman–Crippen MR) is 204 cm³/mol. The van der Waals surface area contributed by atoms with Gasteiger partial charge in [-0.2, -0.15) is 0 Å². The van der Waals surface area contributed by atoms with Gasteiger partial charge in [0.05, 0.1) is 31.6 Å². The van der Waals surface area contributed by atoms with Crippen molar-refractivity contribution >= 4 is 71.7 Å². The van der Waals surface area contributed by atoms with Crippen LogP contribution in [0, 0.1) is 0 Å². The maximum Gasteiger partial charge on any atom is 0.143 e. The largest absolute Gasteiger partial charge is 0.456 e. The molecule has 0 radical (unpaired) electrons. The zero-order chi connectivity index (χ0) is 45.4. The highest BCUT2D eigenvalue weighted by atomic mass is 16.3. The molecule has 8 aromatic carbocycles. The van der Waals surface area contributed by atoms with Crippen molar-refractivity contribution in [3.8, 4) is 22.3 Å². The van der Waals surface area contributed by atoms with E-state index in [0.29, 0.717) is 27.5 Å². The second kappa shape index (κ2) is 11.0. The highest BCUT2D eigenvalue weighted by Crippen LogP contribution is 2.45. The van der Waals surface area contributed by atoms with Gasteiger partial charge in [0.15, 0.2) is 0 Å². The topological polar surface area (TPSA) is 29.5 Å². The minimum absolute atomic E-state index is 0.00557. The van der Waals surface area contributed by atoms with Crippen molar-refractivity contribution in [1.29, 1.82) is 0 Å². The lowest BCUT2D eigenvalue weighted by atomic mass is 9.98. The van der Waals surface area contributed by atoms with E-state index in [-0.39, 0.29) is 22.0 Å². The van der Waals surface area contributed by atoms with Crippen molar-refractivity contribution in [1.82, 2.24) is 0 Å². The molecule has 2 aromatic heterocycles. The standard InChI is InChI=1S/C46H29NO2/c1-2-10-30(11-3-1)31-20-25-34(26-21-31)47(40-16-9-19-43-45(40)39-29-24-32-12-4-5-13-37(32)46(39)49-43)35-27-22-33(23-28-35)36-15-8-18-42-44(36)38-14-6-7-17-41(38)48-42/h1-29H/i6D,7D,8D,14D,15D,17D,18D,20D,21D,22D,23D,25D,26D,27D,28D. The summed E-state index contributed by atoms with van der Waals surface area (Å²) in [5.74, 6) is 0. The van der Waals surface area contributed by atoms with Crippen LogP contribution in [0.3, 0.4) is 0 Å². The van der Waals surface area contributed by atoms with Gasteiger partial charge in [0, 0.05) is 32.9 Å². The average molecular weight is 643 g/mol. The van der Waals surface area contributed by atoms with E-state index in [4.69, 9.17) is 18.4 Å². The first-order valence-corrected chi connectivity index (χ1v) is 15.4. The van der Waals surface area contributed by atoms with Crippen molar-refractivity contribution in [2.75, 3.05) is 4.90 Å². The molecule has 2 heterocycles. The highest BCUT2D eigenvalue weighted by molar-refractivity contribution is 6.19. The summed E-state index contributed by atoms with van der Waals surface area (Å²) in [6, 6.07) is 14.8. The van der Waals surface area contributed by atoms with Gasteiger partial charge in [-0.3, -0.25) is 0 Å². The summed E-state index contributed by atoms with van der Waals surface area (Å²) in [4.78, 5) is 1.16. The molecule has 0 spiro atoms. The van der Waals surface area contributed by atoms with Crippen molar-refractivity contribution in [2.45, 2.75) is 0 Å². The van der Waals surface area contributed by atoms with E-state index >= 15 is 0 Å². The lowest BCUT2D eigenvalue weighted by molar-refractivity contribution is 0.669. The van der Waals surface area contributed by atoms with E-state index in [1.165, 1.54) is 0 Å². The molecule has 0 bridgehead atoms. The fraction of sp³-hybridized carbons (Fsp3) is 0. The molecule has 0 saturated heterocycles. The lowest BCUT2D eigenvalue weighted by Crippen LogP contribution is -2.10. The first kappa shape index (κ1) is 16.5. The van der Waals surface area contributed by atoms with E-state index < -0.39 is 124 Å². The molecule has 0 amide bonds. The number of hydrogen-bond acceptors (Lipinski definition) is 3. The van der Waals surface area contributed by atoms with Crippen LogP contribution in [0.15, 0.2) is 184 Å². The fourth-order valence-corrected chi connectivity index (χ4v) is 6.33. The Labute approximate surface area is 303 Å². The molecule has 0 unspecified atom stereocenters. The third kappa shape index (κ3) is 4.44. The van der Waals surface area contributed by atoms with Crippen LogP contribution in [0.5, 0.6) is 0 Å². The Hall–Kier alpha value is -6.58. The summed E-state index contributed by atoms with van der Waals surface area (Å²) in [5.41, 5.74) is -1.38. The quantitative estimate of drug-likeness (QED) is 0.187. The van der Waals surface area contributed by atoms with Gasteiger partial charge in [0.25, 0.3) is 0 Å². The zero-order valence-corrected chi connectivity index (χ0v) is 25.3. The molecular formula is C46H29NO2. The maximum atomic E-state index is 9.70. The van der Waals surface area contributed by atoms with Crippen LogP contribution in [0.2, 0.25) is 0 Å². The van der Waals surface area contributed by atoms with E-state index in [1.807, 2.05) is 36.4 Å². The van der Waals surface area contributed by atoms with E-state index in [2.05, 4.69) is 0 Å². The Morgan fingerprint density at radius 2 is 1.16 bits per heavy atom. The minimum Gasteiger partial charge on any atom is -0.456 e. The van der Waals surface area contributed by atoms with Crippen LogP contribution >= 0.6 is 0 Å². The number of rotatable bonds is 5. The first-order valence-electron chi connectivity index (χ1n) is 22.9.